The summed E-state index contributed by atoms with van der Waals surface area (Å²) in [7, 11) is 0. The lowest BCUT2D eigenvalue weighted by Crippen LogP contribution is -2.31. The van der Waals surface area contributed by atoms with Crippen LogP contribution < -0.4 is 11.5 Å². The average molecular weight is 280 g/mol. The molecule has 1 aromatic carbocycles. The molecule has 1 rings (SSSR count). The molecule has 0 aliphatic rings. The third-order valence-electron chi connectivity index (χ3n) is 4.02. The maximum atomic E-state index is 5.80. The lowest BCUT2D eigenvalue weighted by atomic mass is 9.80. The minimum Gasteiger partial charge on any atom is -0.330 e. The van der Waals surface area contributed by atoms with Gasteiger partial charge < -0.3 is 11.5 Å². The molecule has 1 aromatic rings. The van der Waals surface area contributed by atoms with Crippen LogP contribution in [0, 0.1) is 11.8 Å². The molecule has 0 radical (unpaired) electrons. The van der Waals surface area contributed by atoms with E-state index in [0.717, 1.165) is 0 Å². The minimum atomic E-state index is 0.407. The molecule has 19 heavy (non-hydrogen) atoms. The first-order chi connectivity index (χ1) is 9.13. The second-order valence-electron chi connectivity index (χ2n) is 5.30. The summed E-state index contributed by atoms with van der Waals surface area (Å²) in [6, 6.07) is 8.98. The smallest absolute Gasteiger partial charge is 0.00721 e. The van der Waals surface area contributed by atoms with E-state index < -0.39 is 0 Å². The van der Waals surface area contributed by atoms with Gasteiger partial charge in [-0.25, -0.2) is 0 Å². The van der Waals surface area contributed by atoms with Crippen molar-refractivity contribution in [2.45, 2.75) is 38.0 Å². The van der Waals surface area contributed by atoms with Gasteiger partial charge in [-0.3, -0.25) is 0 Å². The Morgan fingerprint density at radius 1 is 1.05 bits per heavy atom. The zero-order valence-corrected chi connectivity index (χ0v) is 13.2. The molecule has 0 spiro atoms. The largest absolute Gasteiger partial charge is 0.330 e. The van der Waals surface area contributed by atoms with Crippen LogP contribution in [0.5, 0.6) is 0 Å². The van der Waals surface area contributed by atoms with Gasteiger partial charge >= 0.3 is 0 Å². The molecule has 0 amide bonds. The van der Waals surface area contributed by atoms with Crippen molar-refractivity contribution >= 4 is 11.8 Å². The van der Waals surface area contributed by atoms with Gasteiger partial charge in [0.05, 0.1) is 0 Å². The standard InChI is InChI=1S/C16H28N2S/c1-4-9-19-16-7-5-14(6-8-16)12(2)13(3)15(10-17)11-18/h5-8,12-13,15H,4,9-11,17-18H2,1-3H3. The Bertz CT molecular complexity index is 346. The van der Waals surface area contributed by atoms with Gasteiger partial charge in [-0.05, 0) is 60.7 Å². The summed E-state index contributed by atoms with van der Waals surface area (Å²) in [5, 5.41) is 0. The van der Waals surface area contributed by atoms with Gasteiger partial charge in [-0.2, -0.15) is 0 Å². The quantitative estimate of drug-likeness (QED) is 0.717. The van der Waals surface area contributed by atoms with Gasteiger partial charge in [0.25, 0.3) is 0 Å². The first kappa shape index (κ1) is 16.5. The SMILES string of the molecule is CCCSc1ccc(C(C)C(C)C(CN)CN)cc1. The molecule has 0 aliphatic carbocycles. The van der Waals surface area contributed by atoms with E-state index in [1.165, 1.54) is 22.6 Å². The van der Waals surface area contributed by atoms with Crippen LogP contribution in [0.15, 0.2) is 29.2 Å². The lowest BCUT2D eigenvalue weighted by Gasteiger charge is -2.27. The van der Waals surface area contributed by atoms with Crippen molar-refractivity contribution in [3.8, 4) is 0 Å². The van der Waals surface area contributed by atoms with E-state index in [4.69, 9.17) is 11.5 Å². The van der Waals surface area contributed by atoms with Crippen molar-refractivity contribution in [2.75, 3.05) is 18.8 Å². The van der Waals surface area contributed by atoms with E-state index in [0.29, 0.717) is 30.8 Å². The predicted molar refractivity (Wildman–Crippen MR) is 86.6 cm³/mol. The highest BCUT2D eigenvalue weighted by Crippen LogP contribution is 2.30. The second kappa shape index (κ2) is 8.62. The van der Waals surface area contributed by atoms with Crippen LogP contribution in [0.3, 0.4) is 0 Å². The number of hydrogen-bond donors (Lipinski definition) is 2. The molecule has 0 saturated carbocycles. The van der Waals surface area contributed by atoms with Crippen LogP contribution >= 0.6 is 11.8 Å². The van der Waals surface area contributed by atoms with Crippen molar-refractivity contribution in [3.05, 3.63) is 29.8 Å². The van der Waals surface area contributed by atoms with E-state index in [2.05, 4.69) is 45.0 Å². The predicted octanol–water partition coefficient (Wildman–Crippen LogP) is 3.46. The first-order valence-corrected chi connectivity index (χ1v) is 8.25. The van der Waals surface area contributed by atoms with Gasteiger partial charge in [-0.15, -0.1) is 11.8 Å². The normalized spacial score (nSPS) is 14.6. The fourth-order valence-electron chi connectivity index (χ4n) is 2.32. The zero-order valence-electron chi connectivity index (χ0n) is 12.4. The molecule has 0 heterocycles. The van der Waals surface area contributed by atoms with Gasteiger partial charge in [0.15, 0.2) is 0 Å². The van der Waals surface area contributed by atoms with Crippen LogP contribution in [0.25, 0.3) is 0 Å². The molecule has 3 heteroatoms. The Kier molecular flexibility index (Phi) is 7.51. The summed E-state index contributed by atoms with van der Waals surface area (Å²) >= 11 is 1.92. The zero-order chi connectivity index (χ0) is 14.3. The number of thioether (sulfide) groups is 1. The van der Waals surface area contributed by atoms with Crippen LogP contribution in [-0.2, 0) is 0 Å². The summed E-state index contributed by atoms with van der Waals surface area (Å²) in [4.78, 5) is 1.36. The summed E-state index contributed by atoms with van der Waals surface area (Å²) < 4.78 is 0. The third kappa shape index (κ3) is 4.83. The Balaban J connectivity index is 2.68. The summed E-state index contributed by atoms with van der Waals surface area (Å²) in [6.45, 7) is 8.09. The molecule has 0 fully saturated rings. The summed E-state index contributed by atoms with van der Waals surface area (Å²) in [6.07, 6.45) is 1.22. The highest BCUT2D eigenvalue weighted by molar-refractivity contribution is 7.99. The van der Waals surface area contributed by atoms with E-state index in [-0.39, 0.29) is 0 Å². The van der Waals surface area contributed by atoms with Crippen molar-refractivity contribution in [2.24, 2.45) is 23.3 Å². The number of hydrogen-bond acceptors (Lipinski definition) is 3. The average Bonchev–Trinajstić information content (AvgIpc) is 2.46. The fraction of sp³-hybridized carbons (Fsp3) is 0.625. The molecule has 0 aromatic heterocycles. The van der Waals surface area contributed by atoms with Crippen LogP contribution in [-0.4, -0.2) is 18.8 Å². The van der Waals surface area contributed by atoms with Crippen molar-refractivity contribution in [1.29, 1.82) is 0 Å². The molecule has 2 atom stereocenters. The number of nitrogens with two attached hydrogens (primary N) is 2. The van der Waals surface area contributed by atoms with Crippen molar-refractivity contribution in [1.82, 2.24) is 0 Å². The number of benzene rings is 1. The Hall–Kier alpha value is -0.510. The van der Waals surface area contributed by atoms with Crippen LogP contribution in [0.4, 0.5) is 0 Å². The number of rotatable bonds is 8. The van der Waals surface area contributed by atoms with Gasteiger partial charge in [0.2, 0.25) is 0 Å². The van der Waals surface area contributed by atoms with Crippen molar-refractivity contribution in [3.63, 3.8) is 0 Å². The maximum Gasteiger partial charge on any atom is 0.00721 e. The Labute approximate surface area is 122 Å². The monoisotopic (exact) mass is 280 g/mol. The third-order valence-corrected chi connectivity index (χ3v) is 5.23. The molecule has 0 saturated heterocycles. The molecule has 2 unspecified atom stereocenters. The van der Waals surface area contributed by atoms with Gasteiger partial charge in [0.1, 0.15) is 0 Å². The Morgan fingerprint density at radius 3 is 2.11 bits per heavy atom. The van der Waals surface area contributed by atoms with E-state index in [9.17, 15) is 0 Å². The summed E-state index contributed by atoms with van der Waals surface area (Å²) in [5.41, 5.74) is 13.0. The highest BCUT2D eigenvalue weighted by Gasteiger charge is 2.21. The van der Waals surface area contributed by atoms with E-state index in [1.807, 2.05) is 11.8 Å². The first-order valence-electron chi connectivity index (χ1n) is 7.26. The topological polar surface area (TPSA) is 52.0 Å². The van der Waals surface area contributed by atoms with Gasteiger partial charge in [-0.1, -0.05) is 32.9 Å². The molecule has 0 aliphatic heterocycles. The molecule has 4 N–H and O–H groups in total. The second-order valence-corrected chi connectivity index (χ2v) is 6.47. The molecular weight excluding hydrogens is 252 g/mol. The molecule has 2 nitrogen and oxygen atoms in total. The van der Waals surface area contributed by atoms with Crippen LogP contribution in [0.1, 0.15) is 38.7 Å². The molecule has 0 bridgehead atoms. The lowest BCUT2D eigenvalue weighted by molar-refractivity contribution is 0.328. The fourth-order valence-corrected chi connectivity index (χ4v) is 3.09. The molecule has 108 valence electrons. The van der Waals surface area contributed by atoms with E-state index in [1.54, 1.807) is 0 Å². The van der Waals surface area contributed by atoms with Gasteiger partial charge in [0, 0.05) is 4.90 Å². The summed E-state index contributed by atoms with van der Waals surface area (Å²) in [5.74, 6) is 2.61. The van der Waals surface area contributed by atoms with E-state index >= 15 is 0 Å². The highest BCUT2D eigenvalue weighted by atomic mass is 32.2. The minimum absolute atomic E-state index is 0.407. The Morgan fingerprint density at radius 2 is 1.63 bits per heavy atom. The maximum absolute atomic E-state index is 5.80. The van der Waals surface area contributed by atoms with Crippen molar-refractivity contribution < 1.29 is 0 Å². The van der Waals surface area contributed by atoms with Crippen LogP contribution in [0.2, 0.25) is 0 Å². The molecular formula is C16H28N2S.